The fourth-order valence-corrected chi connectivity index (χ4v) is 1.51. The fourth-order valence-electron chi connectivity index (χ4n) is 1.10. The summed E-state index contributed by atoms with van der Waals surface area (Å²) in [5, 5.41) is 6.94. The van der Waals surface area contributed by atoms with Gasteiger partial charge >= 0.3 is 0 Å². The lowest BCUT2D eigenvalue weighted by Crippen LogP contribution is -2.22. The highest BCUT2D eigenvalue weighted by Crippen LogP contribution is 1.99. The van der Waals surface area contributed by atoms with Crippen molar-refractivity contribution < 1.29 is 0 Å². The normalized spacial score (nSPS) is 10.1. The van der Waals surface area contributed by atoms with E-state index in [4.69, 9.17) is 0 Å². The Morgan fingerprint density at radius 3 is 3.00 bits per heavy atom. The number of aryl methyl sites for hydroxylation is 1. The van der Waals surface area contributed by atoms with Crippen LogP contribution in [0.1, 0.15) is 6.42 Å². The molecule has 0 atom stereocenters. The first kappa shape index (κ1) is 11.1. The van der Waals surface area contributed by atoms with E-state index in [1.54, 1.807) is 31.1 Å². The van der Waals surface area contributed by atoms with Crippen molar-refractivity contribution in [1.82, 2.24) is 9.78 Å². The van der Waals surface area contributed by atoms with E-state index >= 15 is 0 Å². The molecule has 78 valence electrons. The second-order valence-electron chi connectivity index (χ2n) is 2.90. The number of nitrogens with one attached hydrogen (secondary N) is 1. The first-order valence-electron chi connectivity index (χ1n) is 4.52. The van der Waals surface area contributed by atoms with Crippen molar-refractivity contribution in [3.63, 3.8) is 0 Å². The molecule has 0 aromatic carbocycles. The zero-order valence-corrected chi connectivity index (χ0v) is 9.30. The molecule has 0 spiro atoms. The third-order valence-corrected chi connectivity index (χ3v) is 2.57. The maximum Gasteiger partial charge on any atom is 0.268 e. The minimum absolute atomic E-state index is 0.0436. The zero-order valence-electron chi connectivity index (χ0n) is 8.49. The van der Waals surface area contributed by atoms with Gasteiger partial charge in [-0.05, 0) is 18.4 Å². The summed E-state index contributed by atoms with van der Waals surface area (Å²) in [6.07, 6.45) is 4.70. The van der Waals surface area contributed by atoms with E-state index in [2.05, 4.69) is 16.7 Å². The molecular weight excluding hydrogens is 198 g/mol. The third kappa shape index (κ3) is 3.06. The quantitative estimate of drug-likeness (QED) is 0.742. The molecule has 0 aliphatic carbocycles. The van der Waals surface area contributed by atoms with E-state index in [-0.39, 0.29) is 5.56 Å². The van der Waals surface area contributed by atoms with Gasteiger partial charge in [-0.15, -0.1) is 0 Å². The highest BCUT2D eigenvalue weighted by molar-refractivity contribution is 7.98. The van der Waals surface area contributed by atoms with Gasteiger partial charge in [0.2, 0.25) is 0 Å². The van der Waals surface area contributed by atoms with E-state index < -0.39 is 0 Å². The molecular formula is C9H15N3OS. The Balaban J connectivity index is 2.64. The number of anilines is 1. The van der Waals surface area contributed by atoms with Crippen molar-refractivity contribution in [2.75, 3.05) is 24.4 Å². The zero-order chi connectivity index (χ0) is 10.4. The summed E-state index contributed by atoms with van der Waals surface area (Å²) in [7, 11) is 1.77. The smallest absolute Gasteiger partial charge is 0.268 e. The molecule has 5 heteroatoms. The molecule has 0 saturated carbocycles. The maximum absolute atomic E-state index is 11.4. The summed E-state index contributed by atoms with van der Waals surface area (Å²) < 4.78 is 1.50. The highest BCUT2D eigenvalue weighted by atomic mass is 32.2. The topological polar surface area (TPSA) is 46.9 Å². The molecule has 1 N–H and O–H groups in total. The van der Waals surface area contributed by atoms with Crippen LogP contribution in [0.5, 0.6) is 0 Å². The second-order valence-corrected chi connectivity index (χ2v) is 3.89. The van der Waals surface area contributed by atoms with Crippen molar-refractivity contribution >= 4 is 17.4 Å². The summed E-state index contributed by atoms with van der Waals surface area (Å²) in [6.45, 7) is 0.698. The molecule has 0 saturated heterocycles. The number of hydrogen-bond donors (Lipinski definition) is 1. The minimum Gasteiger partial charge on any atom is -0.387 e. The number of aromatic nitrogens is 2. The molecule has 1 aromatic rings. The highest BCUT2D eigenvalue weighted by Gasteiger charge is 1.97. The minimum atomic E-state index is -0.0436. The van der Waals surface area contributed by atoms with E-state index in [1.165, 1.54) is 4.68 Å². The molecule has 1 aromatic heterocycles. The third-order valence-electron chi connectivity index (χ3n) is 1.88. The molecule has 0 fully saturated rings. The number of hydrogen-bond acceptors (Lipinski definition) is 4. The van der Waals surface area contributed by atoms with Crippen LogP contribution >= 0.6 is 11.8 Å². The number of thioether (sulfide) groups is 1. The van der Waals surface area contributed by atoms with Crippen LogP contribution in [0.4, 0.5) is 5.69 Å². The standard InChI is InChI=1S/C9H15N3OS/c1-10-8-6-9(13)12(11-7-8)4-3-5-14-2/h6-7,10H,3-5H2,1-2H3. The Hall–Kier alpha value is -0.970. The average molecular weight is 213 g/mol. The molecule has 0 bridgehead atoms. The number of nitrogens with zero attached hydrogens (tertiary/aromatic N) is 2. The van der Waals surface area contributed by atoms with Crippen LogP contribution in [0, 0.1) is 0 Å². The SMILES string of the molecule is CNc1cnn(CCCSC)c(=O)c1. The van der Waals surface area contributed by atoms with Crippen molar-refractivity contribution in [3.8, 4) is 0 Å². The van der Waals surface area contributed by atoms with E-state index in [0.717, 1.165) is 17.9 Å². The molecule has 0 amide bonds. The van der Waals surface area contributed by atoms with Gasteiger partial charge < -0.3 is 5.32 Å². The van der Waals surface area contributed by atoms with Crippen LogP contribution < -0.4 is 10.9 Å². The summed E-state index contributed by atoms with van der Waals surface area (Å²) in [5.74, 6) is 1.06. The van der Waals surface area contributed by atoms with Gasteiger partial charge in [-0.3, -0.25) is 4.79 Å². The van der Waals surface area contributed by atoms with Gasteiger partial charge in [0.25, 0.3) is 5.56 Å². The van der Waals surface area contributed by atoms with E-state index in [9.17, 15) is 4.79 Å². The lowest BCUT2D eigenvalue weighted by Gasteiger charge is -2.04. The Morgan fingerprint density at radius 2 is 2.43 bits per heavy atom. The predicted octanol–water partition coefficient (Wildman–Crippen LogP) is 1.04. The lowest BCUT2D eigenvalue weighted by molar-refractivity contribution is 0.571. The van der Waals surface area contributed by atoms with Crippen molar-refractivity contribution in [1.29, 1.82) is 0 Å². The Kier molecular flexibility index (Phi) is 4.52. The Bertz CT molecular complexity index is 337. The fraction of sp³-hybridized carbons (Fsp3) is 0.556. The van der Waals surface area contributed by atoms with Crippen LogP contribution in [0.25, 0.3) is 0 Å². The Morgan fingerprint density at radius 1 is 1.64 bits per heavy atom. The predicted molar refractivity (Wildman–Crippen MR) is 61.0 cm³/mol. The van der Waals surface area contributed by atoms with E-state index in [1.807, 2.05) is 0 Å². The van der Waals surface area contributed by atoms with Gasteiger partial charge in [0.1, 0.15) is 0 Å². The largest absolute Gasteiger partial charge is 0.387 e. The molecule has 0 aliphatic heterocycles. The lowest BCUT2D eigenvalue weighted by atomic mass is 10.4. The maximum atomic E-state index is 11.4. The van der Waals surface area contributed by atoms with Crippen LogP contribution in [-0.4, -0.2) is 28.8 Å². The second kappa shape index (κ2) is 5.70. The van der Waals surface area contributed by atoms with Crippen LogP contribution in [-0.2, 0) is 6.54 Å². The molecule has 1 rings (SSSR count). The molecule has 0 unspecified atom stereocenters. The number of rotatable bonds is 5. The first-order valence-corrected chi connectivity index (χ1v) is 5.91. The average Bonchev–Trinajstić information content (AvgIpc) is 2.20. The monoisotopic (exact) mass is 213 g/mol. The molecule has 0 aliphatic rings. The van der Waals surface area contributed by atoms with Crippen molar-refractivity contribution in [2.45, 2.75) is 13.0 Å². The van der Waals surface area contributed by atoms with Crippen LogP contribution in [0.3, 0.4) is 0 Å². The molecule has 14 heavy (non-hydrogen) atoms. The molecule has 1 heterocycles. The van der Waals surface area contributed by atoms with Gasteiger partial charge in [-0.25, -0.2) is 4.68 Å². The van der Waals surface area contributed by atoms with Gasteiger partial charge in [0.15, 0.2) is 0 Å². The molecule has 4 nitrogen and oxygen atoms in total. The summed E-state index contributed by atoms with van der Waals surface area (Å²) in [5.41, 5.74) is 0.717. The molecule has 0 radical (unpaired) electrons. The van der Waals surface area contributed by atoms with Crippen molar-refractivity contribution in [3.05, 3.63) is 22.6 Å². The van der Waals surface area contributed by atoms with Crippen molar-refractivity contribution in [2.24, 2.45) is 0 Å². The van der Waals surface area contributed by atoms with Gasteiger partial charge in [0.05, 0.1) is 11.9 Å². The van der Waals surface area contributed by atoms with Gasteiger partial charge in [-0.1, -0.05) is 0 Å². The van der Waals surface area contributed by atoms with E-state index in [0.29, 0.717) is 6.54 Å². The summed E-state index contributed by atoms with van der Waals surface area (Å²) in [4.78, 5) is 11.4. The van der Waals surface area contributed by atoms with Gasteiger partial charge in [0, 0.05) is 19.7 Å². The van der Waals surface area contributed by atoms with Gasteiger partial charge in [-0.2, -0.15) is 16.9 Å². The summed E-state index contributed by atoms with van der Waals surface area (Å²) >= 11 is 1.78. The summed E-state index contributed by atoms with van der Waals surface area (Å²) in [6, 6.07) is 1.56. The first-order chi connectivity index (χ1) is 6.77. The van der Waals surface area contributed by atoms with Crippen LogP contribution in [0.15, 0.2) is 17.1 Å². The van der Waals surface area contributed by atoms with Crippen LogP contribution in [0.2, 0.25) is 0 Å². The Labute approximate surface area is 87.7 Å².